The van der Waals surface area contributed by atoms with Gasteiger partial charge in [0, 0.05) is 5.56 Å². The van der Waals surface area contributed by atoms with Crippen LogP contribution in [0.3, 0.4) is 0 Å². The topological polar surface area (TPSA) is 46.5 Å². The van der Waals surface area contributed by atoms with E-state index in [4.69, 9.17) is 0 Å². The summed E-state index contributed by atoms with van der Waals surface area (Å²) in [5, 5.41) is 9.19. The molecule has 0 unspecified atom stereocenters. The second kappa shape index (κ2) is 4.09. The maximum atomic E-state index is 11.9. The van der Waals surface area contributed by atoms with E-state index >= 15 is 0 Å². The fraction of sp³-hybridized carbons (Fsp3) is 0.125. The molecule has 0 spiro atoms. The predicted molar refractivity (Wildman–Crippen MR) is 47.9 cm³/mol. The molecule has 0 fully saturated rings. The van der Waals surface area contributed by atoms with E-state index in [2.05, 4.69) is 20.7 Å². The number of rotatable bonds is 2. The SMILES string of the molecule is O=Cc1cc(Br)c(O)c(OC(F)(F)F)c1. The van der Waals surface area contributed by atoms with Gasteiger partial charge in [-0.3, -0.25) is 4.79 Å². The number of ether oxygens (including phenoxy) is 1. The number of phenols is 1. The number of alkyl halides is 3. The average molecular weight is 285 g/mol. The van der Waals surface area contributed by atoms with Crippen LogP contribution >= 0.6 is 15.9 Å². The summed E-state index contributed by atoms with van der Waals surface area (Å²) >= 11 is 2.79. The zero-order valence-corrected chi connectivity index (χ0v) is 8.59. The Labute approximate surface area is 90.6 Å². The van der Waals surface area contributed by atoms with Crippen LogP contribution in [0.25, 0.3) is 0 Å². The van der Waals surface area contributed by atoms with Crippen molar-refractivity contribution < 1.29 is 27.8 Å². The first-order chi connectivity index (χ1) is 6.83. The number of hydrogen-bond donors (Lipinski definition) is 1. The third kappa shape index (κ3) is 3.12. The molecule has 7 heteroatoms. The predicted octanol–water partition coefficient (Wildman–Crippen LogP) is 2.87. The highest BCUT2D eigenvalue weighted by molar-refractivity contribution is 9.10. The Bertz CT molecular complexity index is 389. The quantitative estimate of drug-likeness (QED) is 0.850. The highest BCUT2D eigenvalue weighted by Crippen LogP contribution is 2.37. The van der Waals surface area contributed by atoms with Crippen molar-refractivity contribution in [3.8, 4) is 11.5 Å². The summed E-state index contributed by atoms with van der Waals surface area (Å²) in [6.45, 7) is 0. The van der Waals surface area contributed by atoms with Gasteiger partial charge in [-0.25, -0.2) is 0 Å². The second-order valence-electron chi connectivity index (χ2n) is 2.52. The molecule has 0 aromatic heterocycles. The minimum atomic E-state index is -4.92. The normalized spacial score (nSPS) is 11.2. The van der Waals surface area contributed by atoms with Gasteiger partial charge in [0.25, 0.3) is 0 Å². The molecule has 1 N–H and O–H groups in total. The van der Waals surface area contributed by atoms with Crippen LogP contribution in [-0.2, 0) is 0 Å². The van der Waals surface area contributed by atoms with Gasteiger partial charge in [0.15, 0.2) is 11.5 Å². The van der Waals surface area contributed by atoms with E-state index in [9.17, 15) is 23.1 Å². The molecule has 82 valence electrons. The van der Waals surface area contributed by atoms with Crippen molar-refractivity contribution in [1.82, 2.24) is 0 Å². The summed E-state index contributed by atoms with van der Waals surface area (Å²) < 4.78 is 39.0. The standard InChI is InChI=1S/C8H4BrF3O3/c9-5-1-4(3-13)2-6(7(5)14)15-8(10,11)12/h1-3,14H. The van der Waals surface area contributed by atoms with Crippen molar-refractivity contribution >= 4 is 22.2 Å². The minimum absolute atomic E-state index is 0.0427. The van der Waals surface area contributed by atoms with Crippen molar-refractivity contribution in [2.24, 2.45) is 0 Å². The molecule has 1 aromatic carbocycles. The molecule has 3 nitrogen and oxygen atoms in total. The fourth-order valence-corrected chi connectivity index (χ4v) is 1.32. The van der Waals surface area contributed by atoms with Crippen molar-refractivity contribution in [2.75, 3.05) is 0 Å². The first-order valence-electron chi connectivity index (χ1n) is 3.57. The van der Waals surface area contributed by atoms with Gasteiger partial charge < -0.3 is 9.84 Å². The molecule has 0 atom stereocenters. The van der Waals surface area contributed by atoms with Gasteiger partial charge in [0.2, 0.25) is 0 Å². The first kappa shape index (κ1) is 11.8. The smallest absolute Gasteiger partial charge is 0.503 e. The molecule has 15 heavy (non-hydrogen) atoms. The Morgan fingerprint density at radius 3 is 2.47 bits per heavy atom. The van der Waals surface area contributed by atoms with Gasteiger partial charge >= 0.3 is 6.36 Å². The number of halogens is 4. The number of carbonyl (C=O) groups excluding carboxylic acids is 1. The number of hydrogen-bond acceptors (Lipinski definition) is 3. The van der Waals surface area contributed by atoms with Crippen LogP contribution in [0.15, 0.2) is 16.6 Å². The number of benzene rings is 1. The lowest BCUT2D eigenvalue weighted by atomic mass is 10.2. The average Bonchev–Trinajstić information content (AvgIpc) is 2.10. The third-order valence-corrected chi connectivity index (χ3v) is 2.02. The van der Waals surface area contributed by atoms with Crippen LogP contribution in [0.5, 0.6) is 11.5 Å². The second-order valence-corrected chi connectivity index (χ2v) is 3.37. The Hall–Kier alpha value is -1.24. The van der Waals surface area contributed by atoms with Gasteiger partial charge in [0.1, 0.15) is 6.29 Å². The van der Waals surface area contributed by atoms with Gasteiger partial charge in [-0.1, -0.05) is 0 Å². The van der Waals surface area contributed by atoms with Crippen molar-refractivity contribution in [1.29, 1.82) is 0 Å². The number of carbonyl (C=O) groups is 1. The van der Waals surface area contributed by atoms with E-state index in [1.54, 1.807) is 0 Å². The van der Waals surface area contributed by atoms with Crippen LogP contribution in [0.2, 0.25) is 0 Å². The van der Waals surface area contributed by atoms with Crippen LogP contribution in [-0.4, -0.2) is 17.8 Å². The summed E-state index contributed by atoms with van der Waals surface area (Å²) in [6.07, 6.45) is -4.58. The molecular weight excluding hydrogens is 281 g/mol. The van der Waals surface area contributed by atoms with E-state index in [-0.39, 0.29) is 10.0 Å². The van der Waals surface area contributed by atoms with Crippen molar-refractivity contribution in [2.45, 2.75) is 6.36 Å². The zero-order valence-electron chi connectivity index (χ0n) is 7.01. The molecule has 0 saturated heterocycles. The Morgan fingerprint density at radius 1 is 1.40 bits per heavy atom. The first-order valence-corrected chi connectivity index (χ1v) is 4.36. The largest absolute Gasteiger partial charge is 0.573 e. The molecule has 0 aliphatic carbocycles. The lowest BCUT2D eigenvalue weighted by molar-refractivity contribution is -0.275. The lowest BCUT2D eigenvalue weighted by Crippen LogP contribution is -2.17. The Balaban J connectivity index is 3.16. The number of aldehydes is 1. The molecule has 0 saturated carbocycles. The van der Waals surface area contributed by atoms with Crippen LogP contribution in [0.4, 0.5) is 13.2 Å². The van der Waals surface area contributed by atoms with E-state index in [0.29, 0.717) is 6.29 Å². The summed E-state index contributed by atoms with van der Waals surface area (Å²) in [6, 6.07) is 1.96. The van der Waals surface area contributed by atoms with Crippen molar-refractivity contribution in [3.63, 3.8) is 0 Å². The van der Waals surface area contributed by atoms with E-state index in [0.717, 1.165) is 6.07 Å². The van der Waals surface area contributed by atoms with Gasteiger partial charge in [0.05, 0.1) is 4.47 Å². The van der Waals surface area contributed by atoms with Gasteiger partial charge in [-0.2, -0.15) is 0 Å². The van der Waals surface area contributed by atoms with E-state index < -0.39 is 17.9 Å². The maximum Gasteiger partial charge on any atom is 0.573 e. The minimum Gasteiger partial charge on any atom is -0.503 e. The van der Waals surface area contributed by atoms with Gasteiger partial charge in [-0.15, -0.1) is 13.2 Å². The molecular formula is C8H4BrF3O3. The van der Waals surface area contributed by atoms with Crippen molar-refractivity contribution in [3.05, 3.63) is 22.2 Å². The summed E-state index contributed by atoms with van der Waals surface area (Å²) in [5.74, 6) is -1.53. The lowest BCUT2D eigenvalue weighted by Gasteiger charge is -2.11. The molecule has 0 aliphatic rings. The molecule has 0 aliphatic heterocycles. The van der Waals surface area contributed by atoms with Gasteiger partial charge in [-0.05, 0) is 28.1 Å². The fourth-order valence-electron chi connectivity index (χ4n) is 0.864. The maximum absolute atomic E-state index is 11.9. The molecule has 0 bridgehead atoms. The third-order valence-electron chi connectivity index (χ3n) is 1.41. The number of aromatic hydroxyl groups is 1. The Kier molecular flexibility index (Phi) is 3.23. The van der Waals surface area contributed by atoms with Crippen LogP contribution in [0.1, 0.15) is 10.4 Å². The summed E-state index contributed by atoms with van der Waals surface area (Å²) in [5.41, 5.74) is -0.0427. The number of phenolic OH excluding ortho intramolecular Hbond substituents is 1. The molecule has 1 rings (SSSR count). The monoisotopic (exact) mass is 284 g/mol. The highest BCUT2D eigenvalue weighted by atomic mass is 79.9. The Morgan fingerprint density at radius 2 is 2.00 bits per heavy atom. The summed E-state index contributed by atoms with van der Waals surface area (Å²) in [4.78, 5) is 10.3. The molecule has 0 radical (unpaired) electrons. The molecule has 1 aromatic rings. The highest BCUT2D eigenvalue weighted by Gasteiger charge is 2.32. The van der Waals surface area contributed by atoms with Crippen LogP contribution < -0.4 is 4.74 Å². The van der Waals surface area contributed by atoms with Crippen LogP contribution in [0, 0.1) is 0 Å². The molecule has 0 amide bonds. The van der Waals surface area contributed by atoms with E-state index in [1.165, 1.54) is 6.07 Å². The summed E-state index contributed by atoms with van der Waals surface area (Å²) in [7, 11) is 0. The van der Waals surface area contributed by atoms with E-state index in [1.807, 2.05) is 0 Å². The molecule has 0 heterocycles. The zero-order chi connectivity index (χ0) is 11.6.